The SMILES string of the molecule is CCOc1cccc(NC(=O)C[C@H]2S/C(=N\N=C(\C)c3ccc(Cl)cc3)NC2=O)c1. The molecule has 1 saturated heterocycles. The van der Waals surface area contributed by atoms with Crippen molar-refractivity contribution in [2.24, 2.45) is 10.2 Å². The molecule has 0 aliphatic carbocycles. The Morgan fingerprint density at radius 2 is 2.03 bits per heavy atom. The molecule has 0 aromatic heterocycles. The van der Waals surface area contributed by atoms with Crippen LogP contribution in [0.4, 0.5) is 5.69 Å². The van der Waals surface area contributed by atoms with Crippen LogP contribution < -0.4 is 15.4 Å². The first-order valence-electron chi connectivity index (χ1n) is 9.33. The first-order valence-corrected chi connectivity index (χ1v) is 10.6. The van der Waals surface area contributed by atoms with Gasteiger partial charge in [0.2, 0.25) is 11.8 Å². The van der Waals surface area contributed by atoms with Gasteiger partial charge in [-0.05, 0) is 43.7 Å². The Morgan fingerprint density at radius 3 is 2.77 bits per heavy atom. The number of carbonyl (C=O) groups is 2. The quantitative estimate of drug-likeness (QED) is 0.497. The Balaban J connectivity index is 1.58. The van der Waals surface area contributed by atoms with Gasteiger partial charge >= 0.3 is 0 Å². The van der Waals surface area contributed by atoms with Crippen LogP contribution in [-0.2, 0) is 9.59 Å². The number of nitrogens with one attached hydrogen (secondary N) is 2. The summed E-state index contributed by atoms with van der Waals surface area (Å²) in [7, 11) is 0. The molecule has 0 spiro atoms. The van der Waals surface area contributed by atoms with Gasteiger partial charge in [-0.2, -0.15) is 5.10 Å². The number of benzene rings is 2. The second-order valence-electron chi connectivity index (χ2n) is 6.41. The van der Waals surface area contributed by atoms with Crippen molar-refractivity contribution in [1.82, 2.24) is 5.32 Å². The molecule has 2 aromatic carbocycles. The average Bonchev–Trinajstić information content (AvgIpc) is 3.06. The van der Waals surface area contributed by atoms with E-state index in [-0.39, 0.29) is 18.2 Å². The Bertz CT molecular complexity index is 992. The molecule has 1 fully saturated rings. The highest BCUT2D eigenvalue weighted by molar-refractivity contribution is 8.15. The van der Waals surface area contributed by atoms with Gasteiger partial charge in [0.25, 0.3) is 0 Å². The molecule has 0 bridgehead atoms. The Kier molecular flexibility index (Phi) is 7.48. The molecular formula is C21H21ClN4O3S. The number of hydrogen-bond acceptors (Lipinski definition) is 6. The van der Waals surface area contributed by atoms with Crippen molar-refractivity contribution in [1.29, 1.82) is 0 Å². The number of halogens is 1. The van der Waals surface area contributed by atoms with Crippen LogP contribution in [0.1, 0.15) is 25.8 Å². The molecule has 30 heavy (non-hydrogen) atoms. The molecular weight excluding hydrogens is 424 g/mol. The number of nitrogens with zero attached hydrogens (tertiary/aromatic N) is 2. The zero-order chi connectivity index (χ0) is 21.5. The summed E-state index contributed by atoms with van der Waals surface area (Å²) in [4.78, 5) is 24.5. The van der Waals surface area contributed by atoms with Crippen molar-refractivity contribution < 1.29 is 14.3 Å². The molecule has 1 heterocycles. The normalized spacial score (nSPS) is 17.7. The maximum atomic E-state index is 12.3. The monoisotopic (exact) mass is 444 g/mol. The van der Waals surface area contributed by atoms with E-state index in [2.05, 4.69) is 20.8 Å². The van der Waals surface area contributed by atoms with Crippen LogP contribution in [-0.4, -0.2) is 34.6 Å². The second kappa shape index (κ2) is 10.3. The molecule has 3 rings (SSSR count). The van der Waals surface area contributed by atoms with Crippen LogP contribution >= 0.6 is 23.4 Å². The van der Waals surface area contributed by atoms with E-state index >= 15 is 0 Å². The number of thioether (sulfide) groups is 1. The lowest BCUT2D eigenvalue weighted by atomic mass is 10.1. The smallest absolute Gasteiger partial charge is 0.240 e. The maximum Gasteiger partial charge on any atom is 0.240 e. The molecule has 0 saturated carbocycles. The van der Waals surface area contributed by atoms with Crippen molar-refractivity contribution in [2.75, 3.05) is 11.9 Å². The predicted octanol–water partition coefficient (Wildman–Crippen LogP) is 4.08. The Labute approximate surface area is 183 Å². The molecule has 1 aliphatic heterocycles. The molecule has 9 heteroatoms. The van der Waals surface area contributed by atoms with Crippen LogP contribution in [0.15, 0.2) is 58.7 Å². The fourth-order valence-electron chi connectivity index (χ4n) is 2.67. The largest absolute Gasteiger partial charge is 0.494 e. The summed E-state index contributed by atoms with van der Waals surface area (Å²) < 4.78 is 5.42. The minimum absolute atomic E-state index is 0.0221. The van der Waals surface area contributed by atoms with E-state index in [0.717, 1.165) is 5.56 Å². The summed E-state index contributed by atoms with van der Waals surface area (Å²) >= 11 is 7.07. The third kappa shape index (κ3) is 6.08. The van der Waals surface area contributed by atoms with Crippen LogP contribution in [0.2, 0.25) is 5.02 Å². The van der Waals surface area contributed by atoms with Gasteiger partial charge in [0, 0.05) is 23.2 Å². The Morgan fingerprint density at radius 1 is 1.27 bits per heavy atom. The van der Waals surface area contributed by atoms with Gasteiger partial charge in [0.05, 0.1) is 12.3 Å². The summed E-state index contributed by atoms with van der Waals surface area (Å²) in [5.41, 5.74) is 2.18. The molecule has 1 atom stereocenters. The van der Waals surface area contributed by atoms with E-state index in [1.165, 1.54) is 11.8 Å². The molecule has 0 unspecified atom stereocenters. The van der Waals surface area contributed by atoms with Crippen LogP contribution in [0.5, 0.6) is 5.75 Å². The van der Waals surface area contributed by atoms with Crippen molar-refractivity contribution in [3.63, 3.8) is 0 Å². The number of ether oxygens (including phenoxy) is 1. The Hall–Kier alpha value is -2.84. The van der Waals surface area contributed by atoms with Crippen LogP contribution in [0.25, 0.3) is 0 Å². The van der Waals surface area contributed by atoms with E-state index in [1.54, 1.807) is 30.3 Å². The van der Waals surface area contributed by atoms with Gasteiger partial charge in [-0.15, -0.1) is 5.10 Å². The molecule has 2 amide bonds. The standard InChI is InChI=1S/C21H21ClN4O3S/c1-3-29-17-6-4-5-16(11-17)23-19(27)12-18-20(28)24-21(30-18)26-25-13(2)14-7-9-15(22)10-8-14/h4-11,18H,3,12H2,1-2H3,(H,23,27)(H,24,26,28)/b25-13-/t18-/m1/s1. The first kappa shape index (κ1) is 21.9. The van der Waals surface area contributed by atoms with Crippen molar-refractivity contribution in [2.45, 2.75) is 25.5 Å². The maximum absolute atomic E-state index is 12.3. The summed E-state index contributed by atoms with van der Waals surface area (Å²) in [6.45, 7) is 4.25. The number of anilines is 1. The highest BCUT2D eigenvalue weighted by Gasteiger charge is 2.32. The second-order valence-corrected chi connectivity index (χ2v) is 8.03. The lowest BCUT2D eigenvalue weighted by Crippen LogP contribution is -2.28. The third-order valence-corrected chi connectivity index (χ3v) is 5.45. The average molecular weight is 445 g/mol. The highest BCUT2D eigenvalue weighted by Crippen LogP contribution is 2.24. The van der Waals surface area contributed by atoms with Crippen LogP contribution in [0.3, 0.4) is 0 Å². The van der Waals surface area contributed by atoms with Crippen LogP contribution in [0, 0.1) is 0 Å². The summed E-state index contributed by atoms with van der Waals surface area (Å²) in [5.74, 6) is 0.140. The minimum atomic E-state index is -0.565. The van der Waals surface area contributed by atoms with E-state index < -0.39 is 5.25 Å². The van der Waals surface area contributed by atoms with Gasteiger partial charge in [0.1, 0.15) is 11.0 Å². The highest BCUT2D eigenvalue weighted by atomic mass is 35.5. The van der Waals surface area contributed by atoms with Gasteiger partial charge in [-0.1, -0.05) is 41.6 Å². The van der Waals surface area contributed by atoms with Gasteiger partial charge < -0.3 is 15.4 Å². The van der Waals surface area contributed by atoms with Gasteiger partial charge in [-0.25, -0.2) is 0 Å². The number of amides is 2. The number of rotatable bonds is 7. The number of hydrogen-bond donors (Lipinski definition) is 2. The summed E-state index contributed by atoms with van der Waals surface area (Å²) in [6, 6.07) is 14.3. The zero-order valence-corrected chi connectivity index (χ0v) is 18.1. The number of carbonyl (C=O) groups excluding carboxylic acids is 2. The van der Waals surface area contributed by atoms with Crippen molar-refractivity contribution >= 4 is 51.7 Å². The fourth-order valence-corrected chi connectivity index (χ4v) is 3.71. The molecule has 1 aliphatic rings. The zero-order valence-electron chi connectivity index (χ0n) is 16.5. The van der Waals surface area contributed by atoms with E-state index in [0.29, 0.717) is 33.9 Å². The number of amidine groups is 1. The molecule has 2 aromatic rings. The minimum Gasteiger partial charge on any atom is -0.494 e. The first-order chi connectivity index (χ1) is 14.4. The molecule has 0 radical (unpaired) electrons. The fraction of sp³-hybridized carbons (Fsp3) is 0.238. The predicted molar refractivity (Wildman–Crippen MR) is 121 cm³/mol. The lowest BCUT2D eigenvalue weighted by Gasteiger charge is -2.09. The van der Waals surface area contributed by atoms with Gasteiger partial charge in [-0.3, -0.25) is 9.59 Å². The third-order valence-electron chi connectivity index (χ3n) is 4.13. The van der Waals surface area contributed by atoms with E-state index in [4.69, 9.17) is 16.3 Å². The molecule has 156 valence electrons. The summed E-state index contributed by atoms with van der Waals surface area (Å²) in [5, 5.41) is 14.2. The lowest BCUT2D eigenvalue weighted by molar-refractivity contribution is -0.122. The molecule has 2 N–H and O–H groups in total. The van der Waals surface area contributed by atoms with E-state index in [9.17, 15) is 9.59 Å². The molecule has 7 nitrogen and oxygen atoms in total. The van der Waals surface area contributed by atoms with Crippen molar-refractivity contribution in [3.8, 4) is 5.75 Å². The van der Waals surface area contributed by atoms with E-state index in [1.807, 2.05) is 32.0 Å². The summed E-state index contributed by atoms with van der Waals surface area (Å²) in [6.07, 6.45) is 0.0221. The van der Waals surface area contributed by atoms with Crippen molar-refractivity contribution in [3.05, 3.63) is 59.1 Å². The topological polar surface area (TPSA) is 92.2 Å². The van der Waals surface area contributed by atoms with Gasteiger partial charge in [0.15, 0.2) is 5.17 Å².